The molecular weight excluding hydrogens is 222 g/mol. The first-order chi connectivity index (χ1) is 8.54. The van der Waals surface area contributed by atoms with Gasteiger partial charge in [-0.15, -0.1) is 0 Å². The van der Waals surface area contributed by atoms with E-state index in [1.54, 1.807) is 0 Å². The standard InChI is InChI=1S/C16H19NO/c1-4-16(2,3)15(18)13-7-9-14(10-8-13)17-11-5-6-12-17/h5-12H,4H2,1-3H3. The van der Waals surface area contributed by atoms with Crippen LogP contribution >= 0.6 is 0 Å². The van der Waals surface area contributed by atoms with Crippen molar-refractivity contribution in [3.63, 3.8) is 0 Å². The van der Waals surface area contributed by atoms with Crippen LogP contribution in [-0.4, -0.2) is 10.4 Å². The van der Waals surface area contributed by atoms with E-state index in [1.165, 1.54) is 0 Å². The predicted molar refractivity (Wildman–Crippen MR) is 74.2 cm³/mol. The molecule has 2 heteroatoms. The molecule has 2 aromatic rings. The van der Waals surface area contributed by atoms with Crippen LogP contribution in [0, 0.1) is 5.41 Å². The Morgan fingerprint density at radius 1 is 1.11 bits per heavy atom. The Kier molecular flexibility index (Phi) is 3.37. The summed E-state index contributed by atoms with van der Waals surface area (Å²) in [6.45, 7) is 6.04. The van der Waals surface area contributed by atoms with E-state index < -0.39 is 0 Å². The van der Waals surface area contributed by atoms with E-state index in [1.807, 2.05) is 74.1 Å². The molecule has 2 nitrogen and oxygen atoms in total. The highest BCUT2D eigenvalue weighted by molar-refractivity contribution is 6.00. The highest BCUT2D eigenvalue weighted by Crippen LogP contribution is 2.25. The number of carbonyl (C=O) groups is 1. The Hall–Kier alpha value is -1.83. The third-order valence-electron chi connectivity index (χ3n) is 3.53. The molecule has 0 unspecified atom stereocenters. The van der Waals surface area contributed by atoms with Gasteiger partial charge >= 0.3 is 0 Å². The zero-order valence-corrected chi connectivity index (χ0v) is 11.2. The van der Waals surface area contributed by atoms with Crippen molar-refractivity contribution >= 4 is 5.78 Å². The fourth-order valence-electron chi connectivity index (χ4n) is 1.84. The number of rotatable bonds is 4. The minimum atomic E-state index is -0.283. The van der Waals surface area contributed by atoms with Gasteiger partial charge in [0.25, 0.3) is 0 Å². The second kappa shape index (κ2) is 4.81. The Balaban J connectivity index is 2.26. The SMILES string of the molecule is CCC(C)(C)C(=O)c1ccc(-n2cccc2)cc1. The molecule has 94 valence electrons. The molecule has 0 bridgehead atoms. The van der Waals surface area contributed by atoms with Crippen LogP contribution in [0.3, 0.4) is 0 Å². The van der Waals surface area contributed by atoms with Crippen LogP contribution in [0.25, 0.3) is 5.69 Å². The van der Waals surface area contributed by atoms with Gasteiger partial charge in [0.1, 0.15) is 0 Å². The molecule has 0 atom stereocenters. The first-order valence-electron chi connectivity index (χ1n) is 6.33. The summed E-state index contributed by atoms with van der Waals surface area (Å²) in [7, 11) is 0. The van der Waals surface area contributed by atoms with Crippen molar-refractivity contribution in [2.75, 3.05) is 0 Å². The monoisotopic (exact) mass is 241 g/mol. The summed E-state index contributed by atoms with van der Waals surface area (Å²) in [5.41, 5.74) is 1.58. The number of Topliss-reactive ketones (excluding diaryl/α,β-unsaturated/α-hetero) is 1. The molecule has 0 aliphatic carbocycles. The maximum absolute atomic E-state index is 12.3. The third-order valence-corrected chi connectivity index (χ3v) is 3.53. The van der Waals surface area contributed by atoms with Gasteiger partial charge in [0.2, 0.25) is 0 Å². The molecule has 18 heavy (non-hydrogen) atoms. The highest BCUT2D eigenvalue weighted by atomic mass is 16.1. The van der Waals surface area contributed by atoms with Gasteiger partial charge in [-0.2, -0.15) is 0 Å². The molecule has 2 rings (SSSR count). The molecule has 1 aromatic heterocycles. The fraction of sp³-hybridized carbons (Fsp3) is 0.312. The van der Waals surface area contributed by atoms with Crippen LogP contribution in [0.1, 0.15) is 37.6 Å². The number of hydrogen-bond donors (Lipinski definition) is 0. The fourth-order valence-corrected chi connectivity index (χ4v) is 1.84. The van der Waals surface area contributed by atoms with E-state index in [0.29, 0.717) is 0 Å². The van der Waals surface area contributed by atoms with Gasteiger partial charge < -0.3 is 4.57 Å². The van der Waals surface area contributed by atoms with Crippen LogP contribution in [0.4, 0.5) is 0 Å². The van der Waals surface area contributed by atoms with Crippen LogP contribution in [0.15, 0.2) is 48.8 Å². The van der Waals surface area contributed by atoms with Crippen LogP contribution in [0.5, 0.6) is 0 Å². The number of aromatic nitrogens is 1. The molecule has 0 fully saturated rings. The van der Waals surface area contributed by atoms with Gasteiger partial charge in [0, 0.05) is 29.1 Å². The van der Waals surface area contributed by atoms with Gasteiger partial charge in [-0.3, -0.25) is 4.79 Å². The normalized spacial score (nSPS) is 11.5. The summed E-state index contributed by atoms with van der Waals surface area (Å²) >= 11 is 0. The maximum atomic E-state index is 12.3. The number of benzene rings is 1. The summed E-state index contributed by atoms with van der Waals surface area (Å²) in [5.74, 6) is 0.212. The van der Waals surface area contributed by atoms with E-state index >= 15 is 0 Å². The molecule has 0 N–H and O–H groups in total. The van der Waals surface area contributed by atoms with Gasteiger partial charge in [0.05, 0.1) is 0 Å². The predicted octanol–water partition coefficient (Wildman–Crippen LogP) is 4.10. The molecule has 0 amide bonds. The van der Waals surface area contributed by atoms with E-state index in [2.05, 4.69) is 0 Å². The van der Waals surface area contributed by atoms with Crippen molar-refractivity contribution in [1.82, 2.24) is 4.57 Å². The lowest BCUT2D eigenvalue weighted by Crippen LogP contribution is -2.23. The minimum absolute atomic E-state index is 0.212. The Morgan fingerprint density at radius 3 is 2.17 bits per heavy atom. The zero-order chi connectivity index (χ0) is 13.2. The van der Waals surface area contributed by atoms with Gasteiger partial charge in [-0.05, 0) is 42.8 Å². The van der Waals surface area contributed by atoms with Gasteiger partial charge in [-0.1, -0.05) is 20.8 Å². The summed E-state index contributed by atoms with van der Waals surface area (Å²) in [4.78, 5) is 12.3. The topological polar surface area (TPSA) is 22.0 Å². The molecule has 0 radical (unpaired) electrons. The summed E-state index contributed by atoms with van der Waals surface area (Å²) < 4.78 is 2.03. The van der Waals surface area contributed by atoms with Crippen molar-refractivity contribution in [3.05, 3.63) is 54.4 Å². The van der Waals surface area contributed by atoms with E-state index in [4.69, 9.17) is 0 Å². The average Bonchev–Trinajstić information content (AvgIpc) is 2.92. The molecule has 0 saturated heterocycles. The first-order valence-corrected chi connectivity index (χ1v) is 6.33. The number of hydrogen-bond acceptors (Lipinski definition) is 1. The lowest BCUT2D eigenvalue weighted by Gasteiger charge is -2.20. The maximum Gasteiger partial charge on any atom is 0.168 e. The summed E-state index contributed by atoms with van der Waals surface area (Å²) in [6.07, 6.45) is 4.84. The first kappa shape index (κ1) is 12.6. The Bertz CT molecular complexity index is 521. The molecule has 1 aromatic carbocycles. The van der Waals surface area contributed by atoms with Crippen LogP contribution in [0.2, 0.25) is 0 Å². The number of ketones is 1. The molecule has 0 aliphatic rings. The van der Waals surface area contributed by atoms with E-state index in [-0.39, 0.29) is 11.2 Å². The third kappa shape index (κ3) is 2.37. The largest absolute Gasteiger partial charge is 0.324 e. The van der Waals surface area contributed by atoms with E-state index in [0.717, 1.165) is 17.7 Å². The molecule has 0 saturated carbocycles. The van der Waals surface area contributed by atoms with Crippen molar-refractivity contribution in [2.45, 2.75) is 27.2 Å². The van der Waals surface area contributed by atoms with Crippen LogP contribution in [-0.2, 0) is 0 Å². The number of carbonyl (C=O) groups excluding carboxylic acids is 1. The summed E-state index contributed by atoms with van der Waals surface area (Å²) in [5, 5.41) is 0. The molecular formula is C16H19NO. The van der Waals surface area contributed by atoms with Gasteiger partial charge in [0.15, 0.2) is 5.78 Å². The highest BCUT2D eigenvalue weighted by Gasteiger charge is 2.26. The zero-order valence-electron chi connectivity index (χ0n) is 11.2. The minimum Gasteiger partial charge on any atom is -0.324 e. The summed E-state index contributed by atoms with van der Waals surface area (Å²) in [6, 6.07) is 11.8. The average molecular weight is 241 g/mol. The lowest BCUT2D eigenvalue weighted by atomic mass is 9.82. The Labute approximate surface area is 108 Å². The second-order valence-electron chi connectivity index (χ2n) is 5.20. The van der Waals surface area contributed by atoms with Crippen molar-refractivity contribution in [1.29, 1.82) is 0 Å². The smallest absolute Gasteiger partial charge is 0.168 e. The van der Waals surface area contributed by atoms with Crippen molar-refractivity contribution in [2.24, 2.45) is 5.41 Å². The van der Waals surface area contributed by atoms with Crippen molar-refractivity contribution in [3.8, 4) is 5.69 Å². The van der Waals surface area contributed by atoms with Crippen molar-refractivity contribution < 1.29 is 4.79 Å². The lowest BCUT2D eigenvalue weighted by molar-refractivity contribution is 0.0833. The number of nitrogens with zero attached hydrogens (tertiary/aromatic N) is 1. The molecule has 0 spiro atoms. The Morgan fingerprint density at radius 2 is 1.67 bits per heavy atom. The second-order valence-corrected chi connectivity index (χ2v) is 5.20. The van der Waals surface area contributed by atoms with Gasteiger partial charge in [-0.25, -0.2) is 0 Å². The molecule has 1 heterocycles. The van der Waals surface area contributed by atoms with Crippen LogP contribution < -0.4 is 0 Å². The molecule has 0 aliphatic heterocycles. The van der Waals surface area contributed by atoms with E-state index in [9.17, 15) is 4.79 Å². The quantitative estimate of drug-likeness (QED) is 0.739.